The SMILES string of the molecule is N[C@@H](CCS)C(=O)[O-].[Li+]. The van der Waals surface area contributed by atoms with Gasteiger partial charge in [0.05, 0.1) is 5.97 Å². The zero-order valence-electron chi connectivity index (χ0n) is 5.33. The minimum atomic E-state index is -1.21. The van der Waals surface area contributed by atoms with Gasteiger partial charge in [-0.2, -0.15) is 12.6 Å². The smallest absolute Gasteiger partial charge is 0.548 e. The number of carboxylic acid groups (broad SMARTS) is 1. The predicted octanol–water partition coefficient (Wildman–Crippen LogP) is -4.61. The van der Waals surface area contributed by atoms with Crippen LogP contribution in [0.4, 0.5) is 0 Å². The van der Waals surface area contributed by atoms with Crippen molar-refractivity contribution < 1.29 is 28.8 Å². The maximum absolute atomic E-state index is 9.82. The van der Waals surface area contributed by atoms with E-state index in [1.807, 2.05) is 0 Å². The fraction of sp³-hybridized carbons (Fsp3) is 0.750. The van der Waals surface area contributed by atoms with Gasteiger partial charge in [-0.25, -0.2) is 0 Å². The summed E-state index contributed by atoms with van der Waals surface area (Å²) in [7, 11) is 0. The van der Waals surface area contributed by atoms with E-state index in [1.165, 1.54) is 0 Å². The van der Waals surface area contributed by atoms with Crippen LogP contribution in [0.25, 0.3) is 0 Å². The second kappa shape index (κ2) is 6.50. The van der Waals surface area contributed by atoms with Gasteiger partial charge in [-0.15, -0.1) is 0 Å². The first-order valence-electron chi connectivity index (χ1n) is 2.25. The van der Waals surface area contributed by atoms with Crippen LogP contribution in [0.3, 0.4) is 0 Å². The van der Waals surface area contributed by atoms with Crippen LogP contribution in [0.5, 0.6) is 0 Å². The summed E-state index contributed by atoms with van der Waals surface area (Å²) in [5.74, 6) is -0.728. The third-order valence-electron chi connectivity index (χ3n) is 0.743. The second-order valence-electron chi connectivity index (χ2n) is 1.44. The van der Waals surface area contributed by atoms with Gasteiger partial charge in [-0.3, -0.25) is 0 Å². The van der Waals surface area contributed by atoms with Gasteiger partial charge in [0, 0.05) is 6.04 Å². The van der Waals surface area contributed by atoms with Gasteiger partial charge in [-0.05, 0) is 12.2 Å². The Morgan fingerprint density at radius 2 is 2.22 bits per heavy atom. The maximum Gasteiger partial charge on any atom is 1.00 e. The van der Waals surface area contributed by atoms with Gasteiger partial charge in [0.15, 0.2) is 0 Å². The molecule has 0 aromatic carbocycles. The van der Waals surface area contributed by atoms with E-state index in [9.17, 15) is 9.90 Å². The number of carbonyl (C=O) groups is 1. The van der Waals surface area contributed by atoms with Crippen molar-refractivity contribution in [3.05, 3.63) is 0 Å². The molecule has 0 fully saturated rings. The normalized spacial score (nSPS) is 11.8. The number of thiol groups is 1. The maximum atomic E-state index is 9.82. The quantitative estimate of drug-likeness (QED) is 0.307. The molecule has 48 valence electrons. The van der Waals surface area contributed by atoms with E-state index in [4.69, 9.17) is 5.73 Å². The molecule has 1 atom stereocenters. The summed E-state index contributed by atoms with van der Waals surface area (Å²) in [5, 5.41) is 9.82. The third-order valence-corrected chi connectivity index (χ3v) is 1.00. The predicted molar refractivity (Wildman–Crippen MR) is 31.5 cm³/mol. The molecule has 0 bridgehead atoms. The third kappa shape index (κ3) is 6.26. The van der Waals surface area contributed by atoms with Crippen LogP contribution in [-0.4, -0.2) is 17.8 Å². The average molecular weight is 141 g/mol. The van der Waals surface area contributed by atoms with E-state index in [0.717, 1.165) is 0 Å². The second-order valence-corrected chi connectivity index (χ2v) is 1.89. The monoisotopic (exact) mass is 141 g/mol. The van der Waals surface area contributed by atoms with Crippen LogP contribution in [0.1, 0.15) is 6.42 Å². The van der Waals surface area contributed by atoms with Gasteiger partial charge in [-0.1, -0.05) is 0 Å². The molecule has 0 heterocycles. The molecule has 0 amide bonds. The molecule has 5 heteroatoms. The zero-order chi connectivity index (χ0) is 6.57. The first-order valence-corrected chi connectivity index (χ1v) is 2.89. The Bertz CT molecular complexity index is 90.6. The molecule has 0 aromatic heterocycles. The zero-order valence-corrected chi connectivity index (χ0v) is 6.23. The van der Waals surface area contributed by atoms with Crippen LogP contribution in [0, 0.1) is 0 Å². The Morgan fingerprint density at radius 1 is 1.78 bits per heavy atom. The molecule has 0 spiro atoms. The summed E-state index contributed by atoms with van der Waals surface area (Å²) in [6, 6.07) is -0.854. The summed E-state index contributed by atoms with van der Waals surface area (Å²) in [5.41, 5.74) is 5.02. The molecule has 0 aliphatic heterocycles. The molecular weight excluding hydrogens is 133 g/mol. The van der Waals surface area contributed by atoms with Crippen molar-refractivity contribution in [2.24, 2.45) is 5.73 Å². The summed E-state index contributed by atoms with van der Waals surface area (Å²) in [4.78, 5) is 9.82. The van der Waals surface area contributed by atoms with Crippen LogP contribution >= 0.6 is 12.6 Å². The van der Waals surface area contributed by atoms with E-state index in [1.54, 1.807) is 0 Å². The molecule has 0 aliphatic carbocycles. The first-order chi connectivity index (χ1) is 3.68. The van der Waals surface area contributed by atoms with Crippen molar-refractivity contribution in [1.29, 1.82) is 0 Å². The summed E-state index contributed by atoms with van der Waals surface area (Å²) >= 11 is 3.78. The molecular formula is C4H8LiNO2S. The molecule has 3 nitrogen and oxygen atoms in total. The van der Waals surface area contributed by atoms with Crippen LogP contribution in [0.2, 0.25) is 0 Å². The van der Waals surface area contributed by atoms with Gasteiger partial charge in [0.25, 0.3) is 0 Å². The van der Waals surface area contributed by atoms with Crippen molar-refractivity contribution in [2.45, 2.75) is 12.5 Å². The van der Waals surface area contributed by atoms with Gasteiger partial charge >= 0.3 is 18.9 Å². The van der Waals surface area contributed by atoms with Crippen molar-refractivity contribution in [1.82, 2.24) is 0 Å². The number of aliphatic carboxylic acids is 1. The molecule has 0 radical (unpaired) electrons. The summed E-state index contributed by atoms with van der Waals surface area (Å²) in [6.45, 7) is 0. The van der Waals surface area contributed by atoms with Crippen molar-refractivity contribution in [3.63, 3.8) is 0 Å². The van der Waals surface area contributed by atoms with Crippen LogP contribution in [0.15, 0.2) is 0 Å². The topological polar surface area (TPSA) is 66.2 Å². The van der Waals surface area contributed by atoms with E-state index >= 15 is 0 Å². The van der Waals surface area contributed by atoms with Gasteiger partial charge in [0.1, 0.15) is 0 Å². The Kier molecular flexibility index (Phi) is 8.73. The number of nitrogens with two attached hydrogens (primary N) is 1. The number of carboxylic acids is 1. The van der Waals surface area contributed by atoms with E-state index in [2.05, 4.69) is 12.6 Å². The molecule has 2 N–H and O–H groups in total. The number of rotatable bonds is 3. The molecule has 0 saturated carbocycles. The van der Waals surface area contributed by atoms with Crippen molar-refractivity contribution in [3.8, 4) is 0 Å². The Morgan fingerprint density at radius 3 is 2.33 bits per heavy atom. The molecule has 0 rings (SSSR count). The van der Waals surface area contributed by atoms with E-state index < -0.39 is 12.0 Å². The Balaban J connectivity index is 0. The van der Waals surface area contributed by atoms with Crippen LogP contribution < -0.4 is 29.7 Å². The number of carbonyl (C=O) groups excluding carboxylic acids is 1. The summed E-state index contributed by atoms with van der Waals surface area (Å²) < 4.78 is 0. The largest absolute Gasteiger partial charge is 1.00 e. The molecule has 9 heavy (non-hydrogen) atoms. The standard InChI is InChI=1S/C4H9NO2S.Li/c5-3(1-2-8)4(6)7;/h3,8H,1-2,5H2,(H,6,7);/q;+1/p-1/t3-;/m0./s1. The van der Waals surface area contributed by atoms with E-state index in [0.29, 0.717) is 12.2 Å². The average Bonchev–Trinajstić information content (AvgIpc) is 1.67. The Labute approximate surface area is 71.6 Å². The Hall–Kier alpha value is 0.377. The fourth-order valence-corrected chi connectivity index (χ4v) is 0.535. The molecule has 0 unspecified atom stereocenters. The van der Waals surface area contributed by atoms with E-state index in [-0.39, 0.29) is 18.9 Å². The molecule has 0 aromatic rings. The number of hydrogen-bond donors (Lipinski definition) is 2. The first kappa shape index (κ1) is 12.1. The van der Waals surface area contributed by atoms with Crippen molar-refractivity contribution in [2.75, 3.05) is 5.75 Å². The van der Waals surface area contributed by atoms with Crippen LogP contribution in [-0.2, 0) is 4.79 Å². The fourth-order valence-electron chi connectivity index (χ4n) is 0.257. The molecule has 0 saturated heterocycles. The summed E-state index contributed by atoms with van der Waals surface area (Å²) in [6.07, 6.45) is 0.367. The van der Waals surface area contributed by atoms with Gasteiger partial charge in [0.2, 0.25) is 0 Å². The van der Waals surface area contributed by atoms with Crippen molar-refractivity contribution >= 4 is 18.6 Å². The molecule has 0 aliphatic rings. The minimum absolute atomic E-state index is 0. The number of hydrogen-bond acceptors (Lipinski definition) is 4. The minimum Gasteiger partial charge on any atom is -0.548 e. The van der Waals surface area contributed by atoms with Gasteiger partial charge < -0.3 is 15.6 Å².